The zero-order valence-corrected chi connectivity index (χ0v) is 8.57. The van der Waals surface area contributed by atoms with Crippen molar-refractivity contribution in [3.05, 3.63) is 36.4 Å². The minimum Gasteiger partial charge on any atom is -0.404 e. The molecule has 0 atom stereocenters. The molecule has 3 nitrogen and oxygen atoms in total. The molecule has 0 radical (unpaired) electrons. The number of amides is 1. The van der Waals surface area contributed by atoms with Crippen molar-refractivity contribution in [3.63, 3.8) is 0 Å². The van der Waals surface area contributed by atoms with Crippen molar-refractivity contribution >= 4 is 11.6 Å². The Morgan fingerprint density at radius 2 is 1.94 bits per heavy atom. The van der Waals surface area contributed by atoms with Crippen molar-refractivity contribution in [2.45, 2.75) is 6.36 Å². The van der Waals surface area contributed by atoms with E-state index >= 15 is 0 Å². The molecule has 0 saturated heterocycles. The number of nitrogens with zero attached hydrogens (tertiary/aromatic N) is 1. The summed E-state index contributed by atoms with van der Waals surface area (Å²) in [5, 5.41) is 0. The molecule has 0 saturated carbocycles. The topological polar surface area (TPSA) is 29.5 Å². The van der Waals surface area contributed by atoms with E-state index in [1.54, 1.807) is 12.1 Å². The molecule has 0 aliphatic carbocycles. The van der Waals surface area contributed by atoms with Crippen LogP contribution in [0.15, 0.2) is 36.4 Å². The van der Waals surface area contributed by atoms with Gasteiger partial charge in [-0.2, -0.15) is 0 Å². The molecule has 0 spiro atoms. The molecule has 1 aromatic carbocycles. The molecule has 1 heterocycles. The molecule has 0 bridgehead atoms. The van der Waals surface area contributed by atoms with Gasteiger partial charge in [-0.15, -0.1) is 13.2 Å². The van der Waals surface area contributed by atoms with E-state index in [1.807, 2.05) is 0 Å². The molecule has 6 heteroatoms. The second-order valence-electron chi connectivity index (χ2n) is 3.37. The van der Waals surface area contributed by atoms with Crippen LogP contribution in [-0.2, 0) is 4.79 Å². The molecule has 2 rings (SSSR count). The van der Waals surface area contributed by atoms with E-state index in [0.29, 0.717) is 0 Å². The smallest absolute Gasteiger partial charge is 0.404 e. The molecule has 1 aliphatic heterocycles. The van der Waals surface area contributed by atoms with E-state index in [2.05, 4.69) is 4.74 Å². The minimum absolute atomic E-state index is 0.111. The van der Waals surface area contributed by atoms with Crippen LogP contribution in [0.25, 0.3) is 0 Å². The van der Waals surface area contributed by atoms with Gasteiger partial charge in [0.1, 0.15) is 0 Å². The number of carbonyl (C=O) groups excluding carboxylic acids is 1. The first-order valence-electron chi connectivity index (χ1n) is 4.80. The number of para-hydroxylation sites is 2. The summed E-state index contributed by atoms with van der Waals surface area (Å²) in [6, 6.07) is 5.54. The normalized spacial score (nSPS) is 15.5. The van der Waals surface area contributed by atoms with E-state index in [4.69, 9.17) is 0 Å². The number of alkyl halides is 3. The van der Waals surface area contributed by atoms with E-state index in [1.165, 1.54) is 29.2 Å². The molecule has 0 fully saturated rings. The van der Waals surface area contributed by atoms with Crippen molar-refractivity contribution in [2.24, 2.45) is 0 Å². The third-order valence-electron chi connectivity index (χ3n) is 2.20. The zero-order chi connectivity index (χ0) is 12.5. The summed E-state index contributed by atoms with van der Waals surface area (Å²) in [7, 11) is 0. The molecule has 90 valence electrons. The highest BCUT2D eigenvalue weighted by atomic mass is 19.4. The van der Waals surface area contributed by atoms with E-state index in [-0.39, 0.29) is 23.9 Å². The van der Waals surface area contributed by atoms with Crippen LogP contribution in [0, 0.1) is 0 Å². The van der Waals surface area contributed by atoms with Crippen LogP contribution in [0.3, 0.4) is 0 Å². The number of ether oxygens (including phenoxy) is 1. The van der Waals surface area contributed by atoms with Crippen LogP contribution < -0.4 is 9.64 Å². The summed E-state index contributed by atoms with van der Waals surface area (Å²) < 4.78 is 40.4. The highest BCUT2D eigenvalue weighted by Gasteiger charge is 2.33. The van der Waals surface area contributed by atoms with Gasteiger partial charge in [0, 0.05) is 12.6 Å². The van der Waals surface area contributed by atoms with E-state index in [0.717, 1.165) is 0 Å². The average molecular weight is 243 g/mol. The predicted octanol–water partition coefficient (Wildman–Crippen LogP) is 2.49. The fourth-order valence-corrected chi connectivity index (χ4v) is 1.55. The second kappa shape index (κ2) is 4.12. The van der Waals surface area contributed by atoms with Gasteiger partial charge in [-0.05, 0) is 12.1 Å². The molecule has 17 heavy (non-hydrogen) atoms. The Labute approximate surface area is 95.1 Å². The quantitative estimate of drug-likeness (QED) is 0.798. The van der Waals surface area contributed by atoms with Crippen LogP contribution in [-0.4, -0.2) is 18.8 Å². The number of carbonyl (C=O) groups is 1. The van der Waals surface area contributed by atoms with Gasteiger partial charge in [-0.25, -0.2) is 0 Å². The summed E-state index contributed by atoms with van der Waals surface area (Å²) in [5.74, 6) is -0.736. The first-order chi connectivity index (χ1) is 7.97. The molecule has 1 aliphatic rings. The van der Waals surface area contributed by atoms with Gasteiger partial charge in [0.15, 0.2) is 5.75 Å². The van der Waals surface area contributed by atoms with Gasteiger partial charge in [0.2, 0.25) is 0 Å². The molecular weight excluding hydrogens is 235 g/mol. The van der Waals surface area contributed by atoms with E-state index < -0.39 is 6.36 Å². The third kappa shape index (κ3) is 2.58. The second-order valence-corrected chi connectivity index (χ2v) is 3.37. The fourth-order valence-electron chi connectivity index (χ4n) is 1.55. The molecule has 0 N–H and O–H groups in total. The summed E-state index contributed by atoms with van der Waals surface area (Å²) in [6.07, 6.45) is -1.89. The highest BCUT2D eigenvalue weighted by molar-refractivity contribution is 6.04. The number of hydrogen-bond acceptors (Lipinski definition) is 2. The summed E-state index contributed by atoms with van der Waals surface area (Å²) in [4.78, 5) is 12.6. The van der Waals surface area contributed by atoms with Crippen molar-refractivity contribution in [3.8, 4) is 5.75 Å². The predicted molar refractivity (Wildman–Crippen MR) is 54.6 cm³/mol. The van der Waals surface area contributed by atoms with Crippen LogP contribution in [0.5, 0.6) is 5.75 Å². The molecule has 1 aromatic rings. The highest BCUT2D eigenvalue weighted by Crippen LogP contribution is 2.33. The maximum Gasteiger partial charge on any atom is 0.573 e. The average Bonchev–Trinajstić information content (AvgIpc) is 2.63. The minimum atomic E-state index is -4.77. The number of halogens is 3. The third-order valence-corrected chi connectivity index (χ3v) is 2.20. The number of hydrogen-bond donors (Lipinski definition) is 0. The van der Waals surface area contributed by atoms with Crippen molar-refractivity contribution in [1.82, 2.24) is 0 Å². The lowest BCUT2D eigenvalue weighted by atomic mass is 10.2. The zero-order valence-electron chi connectivity index (χ0n) is 8.57. The first kappa shape index (κ1) is 11.5. The lowest BCUT2D eigenvalue weighted by Crippen LogP contribution is -2.26. The van der Waals surface area contributed by atoms with Crippen LogP contribution in [0.1, 0.15) is 0 Å². The summed E-state index contributed by atoms with van der Waals surface area (Å²) in [6.45, 7) is 0.247. The van der Waals surface area contributed by atoms with Crippen LogP contribution >= 0.6 is 0 Å². The Morgan fingerprint density at radius 1 is 1.24 bits per heavy atom. The molecule has 0 unspecified atom stereocenters. The first-order valence-corrected chi connectivity index (χ1v) is 4.80. The van der Waals surface area contributed by atoms with Crippen molar-refractivity contribution < 1.29 is 22.7 Å². The van der Waals surface area contributed by atoms with Gasteiger partial charge in [0.25, 0.3) is 5.91 Å². The van der Waals surface area contributed by atoms with E-state index in [9.17, 15) is 18.0 Å². The van der Waals surface area contributed by atoms with Gasteiger partial charge >= 0.3 is 6.36 Å². The number of rotatable bonds is 2. The summed E-state index contributed by atoms with van der Waals surface area (Å²) in [5.41, 5.74) is 0.111. The Morgan fingerprint density at radius 3 is 2.53 bits per heavy atom. The van der Waals surface area contributed by atoms with Crippen LogP contribution in [0.2, 0.25) is 0 Å². The van der Waals surface area contributed by atoms with Crippen molar-refractivity contribution in [2.75, 3.05) is 11.4 Å². The summed E-state index contributed by atoms with van der Waals surface area (Å²) >= 11 is 0. The maximum absolute atomic E-state index is 12.2. The fraction of sp³-hybridized carbons (Fsp3) is 0.182. The monoisotopic (exact) mass is 243 g/mol. The lowest BCUT2D eigenvalue weighted by Gasteiger charge is -2.20. The lowest BCUT2D eigenvalue weighted by molar-refractivity contribution is -0.274. The number of benzene rings is 1. The van der Waals surface area contributed by atoms with Gasteiger partial charge in [-0.3, -0.25) is 4.79 Å². The Bertz CT molecular complexity index is 468. The maximum atomic E-state index is 12.2. The number of anilines is 1. The van der Waals surface area contributed by atoms with Crippen LogP contribution in [0.4, 0.5) is 18.9 Å². The SMILES string of the molecule is O=C1C=CCN1c1ccccc1OC(F)(F)F. The largest absolute Gasteiger partial charge is 0.573 e. The van der Waals surface area contributed by atoms with Crippen molar-refractivity contribution in [1.29, 1.82) is 0 Å². The Balaban J connectivity index is 2.31. The standard InChI is InChI=1S/C11H8F3NO2/c12-11(13,14)17-9-5-2-1-4-8(9)15-7-3-6-10(15)16/h1-6H,7H2. The molecular formula is C11H8F3NO2. The van der Waals surface area contributed by atoms with Gasteiger partial charge in [0.05, 0.1) is 5.69 Å². The van der Waals surface area contributed by atoms with Gasteiger partial charge in [-0.1, -0.05) is 18.2 Å². The Hall–Kier alpha value is -1.98. The van der Waals surface area contributed by atoms with Gasteiger partial charge < -0.3 is 9.64 Å². The molecule has 1 amide bonds. The molecule has 0 aromatic heterocycles. The Kier molecular flexibility index (Phi) is 2.79.